The molecule has 2 N–H and O–H groups in total. The molecule has 0 unspecified atom stereocenters. The van der Waals surface area contributed by atoms with Crippen molar-refractivity contribution >= 4 is 41.3 Å². The van der Waals surface area contributed by atoms with Gasteiger partial charge >= 0.3 is 17.9 Å². The third-order valence-corrected chi connectivity index (χ3v) is 5.27. The molecule has 2 rings (SSSR count). The second-order valence-corrected chi connectivity index (χ2v) is 7.38. The van der Waals surface area contributed by atoms with Crippen molar-refractivity contribution in [2.75, 3.05) is 32.4 Å². The number of carbonyl (C=O) groups is 4. The van der Waals surface area contributed by atoms with E-state index in [1.165, 1.54) is 0 Å². The average Bonchev–Trinajstić information content (AvgIpc) is 2.76. The Labute approximate surface area is 184 Å². The van der Waals surface area contributed by atoms with E-state index in [9.17, 15) is 19.2 Å². The topological polar surface area (TPSA) is 120 Å². The third kappa shape index (κ3) is 5.66. The van der Waals surface area contributed by atoms with Gasteiger partial charge in [-0.25, -0.2) is 9.59 Å². The number of ether oxygens (including phenoxy) is 3. The van der Waals surface area contributed by atoms with Gasteiger partial charge in [0.05, 0.1) is 25.4 Å². The van der Waals surface area contributed by atoms with E-state index in [2.05, 4.69) is 10.6 Å². The molecule has 1 aromatic carbocycles. The van der Waals surface area contributed by atoms with Crippen molar-refractivity contribution in [3.63, 3.8) is 0 Å². The number of benzene rings is 1. The van der Waals surface area contributed by atoms with E-state index in [0.717, 1.165) is 19.1 Å². The Bertz CT molecular complexity index is 913. The highest BCUT2D eigenvalue weighted by molar-refractivity contribution is 7.98. The van der Waals surface area contributed by atoms with Crippen LogP contribution in [0.2, 0.25) is 0 Å². The normalized spacial score (nSPS) is 14.0. The zero-order valence-electron chi connectivity index (χ0n) is 17.9. The second-order valence-electron chi connectivity index (χ2n) is 6.50. The molecule has 10 heteroatoms. The second kappa shape index (κ2) is 10.7. The van der Waals surface area contributed by atoms with Gasteiger partial charge in [-0.15, -0.1) is 11.8 Å². The highest BCUT2D eigenvalue weighted by Gasteiger charge is 2.42. The molecule has 166 valence electrons. The number of dihydropyridines is 1. The Morgan fingerprint density at radius 1 is 0.968 bits per heavy atom. The van der Waals surface area contributed by atoms with E-state index in [-0.39, 0.29) is 11.1 Å². The number of hydrogen-bond acceptors (Lipinski definition) is 9. The summed E-state index contributed by atoms with van der Waals surface area (Å²) in [6.07, 6.45) is 1.94. The maximum Gasteiger partial charge on any atom is 0.336 e. The number of nitrogens with one attached hydrogen (secondary N) is 2. The number of hydrogen-bond donors (Lipinski definition) is 2. The van der Waals surface area contributed by atoms with Gasteiger partial charge in [0.25, 0.3) is 5.91 Å². The summed E-state index contributed by atoms with van der Waals surface area (Å²) in [5.74, 6) is -4.53. The Morgan fingerprint density at radius 2 is 1.48 bits per heavy atom. The molecule has 0 saturated heterocycles. The van der Waals surface area contributed by atoms with Crippen LogP contribution in [-0.4, -0.2) is 50.9 Å². The lowest BCUT2D eigenvalue weighted by Gasteiger charge is -2.28. The summed E-state index contributed by atoms with van der Waals surface area (Å²) in [6.45, 7) is 2.53. The fourth-order valence-corrected chi connectivity index (χ4v) is 3.49. The molecule has 0 saturated carbocycles. The summed E-state index contributed by atoms with van der Waals surface area (Å²) in [6, 6.07) is 7.13. The summed E-state index contributed by atoms with van der Waals surface area (Å²) < 4.78 is 14.7. The Morgan fingerprint density at radius 3 is 1.94 bits per heavy atom. The van der Waals surface area contributed by atoms with Crippen LogP contribution in [0.4, 0.5) is 5.69 Å². The van der Waals surface area contributed by atoms with Crippen molar-refractivity contribution in [1.29, 1.82) is 0 Å². The molecule has 0 radical (unpaired) electrons. The highest BCUT2D eigenvalue weighted by atomic mass is 32.2. The molecule has 0 bridgehead atoms. The van der Waals surface area contributed by atoms with E-state index in [4.69, 9.17) is 14.2 Å². The van der Waals surface area contributed by atoms with Crippen molar-refractivity contribution in [2.24, 2.45) is 5.92 Å². The van der Waals surface area contributed by atoms with Gasteiger partial charge in [0, 0.05) is 22.0 Å². The molecule has 0 fully saturated rings. The van der Waals surface area contributed by atoms with Crippen LogP contribution in [0.3, 0.4) is 0 Å². The van der Waals surface area contributed by atoms with Crippen LogP contribution in [0.5, 0.6) is 0 Å². The van der Waals surface area contributed by atoms with Gasteiger partial charge < -0.3 is 24.8 Å². The van der Waals surface area contributed by atoms with Gasteiger partial charge in [-0.2, -0.15) is 0 Å². The Kier molecular flexibility index (Phi) is 8.26. The molecule has 1 aliphatic rings. The van der Waals surface area contributed by atoms with Gasteiger partial charge in [0.15, 0.2) is 6.61 Å². The summed E-state index contributed by atoms with van der Waals surface area (Å²) >= 11 is 1.56. The van der Waals surface area contributed by atoms with E-state index in [0.29, 0.717) is 17.1 Å². The number of methoxy groups -OCH3 is 2. The van der Waals surface area contributed by atoms with Crippen LogP contribution in [0.15, 0.2) is 51.7 Å². The minimum Gasteiger partial charge on any atom is -0.466 e. The van der Waals surface area contributed by atoms with Gasteiger partial charge in [-0.05, 0) is 44.4 Å². The summed E-state index contributed by atoms with van der Waals surface area (Å²) in [5.41, 5.74) is 1.02. The van der Waals surface area contributed by atoms with Crippen molar-refractivity contribution in [2.45, 2.75) is 18.7 Å². The summed E-state index contributed by atoms with van der Waals surface area (Å²) in [7, 11) is 2.31. The Hall–Kier alpha value is -3.27. The number of amides is 1. The molecular weight excluding hydrogens is 424 g/mol. The van der Waals surface area contributed by atoms with E-state index in [1.54, 1.807) is 37.7 Å². The number of rotatable bonds is 7. The fraction of sp³-hybridized carbons (Fsp3) is 0.333. The van der Waals surface area contributed by atoms with Gasteiger partial charge in [0.1, 0.15) is 5.92 Å². The van der Waals surface area contributed by atoms with Gasteiger partial charge in [0.2, 0.25) is 0 Å². The van der Waals surface area contributed by atoms with Crippen molar-refractivity contribution in [1.82, 2.24) is 5.32 Å². The standard InChI is InChI=1S/C21H24N2O7S/c1-11-16(19(25)28-3)18(17(12(2)22-11)20(26)29-4)21(27)30-10-15(24)23-13-6-8-14(31-5)9-7-13/h6-9,18,22H,10H2,1-5H3,(H,23,24). The van der Waals surface area contributed by atoms with Crippen LogP contribution < -0.4 is 10.6 Å². The predicted octanol–water partition coefficient (Wildman–Crippen LogP) is 2.00. The van der Waals surface area contributed by atoms with Crippen LogP contribution in [0, 0.1) is 5.92 Å². The maximum absolute atomic E-state index is 12.9. The van der Waals surface area contributed by atoms with Crippen molar-refractivity contribution in [3.8, 4) is 0 Å². The SMILES string of the molecule is COC(=O)C1=C(C)NC(C)=C(C(=O)OC)C1C(=O)OCC(=O)Nc1ccc(SC)cc1. The molecule has 1 heterocycles. The third-order valence-electron chi connectivity index (χ3n) is 4.53. The minimum atomic E-state index is -1.39. The zero-order chi connectivity index (χ0) is 23.1. The minimum absolute atomic E-state index is 0.0911. The molecule has 9 nitrogen and oxygen atoms in total. The largest absolute Gasteiger partial charge is 0.466 e. The summed E-state index contributed by atoms with van der Waals surface area (Å²) in [4.78, 5) is 50.7. The van der Waals surface area contributed by atoms with Gasteiger partial charge in [-0.3, -0.25) is 9.59 Å². The first-order valence-electron chi connectivity index (χ1n) is 9.19. The van der Waals surface area contributed by atoms with Crippen molar-refractivity contribution < 1.29 is 33.4 Å². The lowest BCUT2D eigenvalue weighted by molar-refractivity contribution is -0.152. The van der Waals surface area contributed by atoms with Crippen LogP contribution >= 0.6 is 11.8 Å². The van der Waals surface area contributed by atoms with Crippen LogP contribution in [0.25, 0.3) is 0 Å². The molecule has 1 aromatic rings. The fourth-order valence-electron chi connectivity index (χ4n) is 3.08. The zero-order valence-corrected chi connectivity index (χ0v) is 18.7. The number of carbonyl (C=O) groups excluding carboxylic acids is 4. The molecule has 1 aliphatic heterocycles. The van der Waals surface area contributed by atoms with E-state index in [1.807, 2.05) is 18.4 Å². The molecule has 0 atom stereocenters. The molecular formula is C21H24N2O7S. The quantitative estimate of drug-likeness (QED) is 0.367. The number of anilines is 1. The maximum atomic E-state index is 12.9. The molecule has 0 aromatic heterocycles. The van der Waals surface area contributed by atoms with Crippen LogP contribution in [0.1, 0.15) is 13.8 Å². The lowest BCUT2D eigenvalue weighted by Crippen LogP contribution is -2.38. The van der Waals surface area contributed by atoms with E-state index >= 15 is 0 Å². The first-order chi connectivity index (χ1) is 14.7. The lowest BCUT2D eigenvalue weighted by atomic mass is 9.85. The van der Waals surface area contributed by atoms with Crippen molar-refractivity contribution in [3.05, 3.63) is 46.8 Å². The summed E-state index contributed by atoms with van der Waals surface area (Å²) in [5, 5.41) is 5.48. The smallest absolute Gasteiger partial charge is 0.336 e. The Balaban J connectivity index is 2.19. The predicted molar refractivity (Wildman–Crippen MR) is 114 cm³/mol. The average molecular weight is 448 g/mol. The first-order valence-corrected chi connectivity index (χ1v) is 10.4. The highest BCUT2D eigenvalue weighted by Crippen LogP contribution is 2.32. The molecule has 0 spiro atoms. The monoisotopic (exact) mass is 448 g/mol. The van der Waals surface area contributed by atoms with Crippen LogP contribution in [-0.2, 0) is 33.4 Å². The molecule has 31 heavy (non-hydrogen) atoms. The number of allylic oxidation sites excluding steroid dienone is 2. The van der Waals surface area contributed by atoms with E-state index < -0.39 is 36.3 Å². The first kappa shape index (κ1) is 24.0. The number of esters is 3. The van der Waals surface area contributed by atoms with Gasteiger partial charge in [-0.1, -0.05) is 0 Å². The molecule has 0 aliphatic carbocycles. The number of thioether (sulfide) groups is 1. The molecule has 1 amide bonds.